The average Bonchev–Trinajstić information content (AvgIpc) is 3.51. The topological polar surface area (TPSA) is 43.9 Å². The number of nitrogens with zero attached hydrogens (tertiary/aromatic N) is 3. The molecule has 0 bridgehead atoms. The van der Waals surface area contributed by atoms with Gasteiger partial charge < -0.3 is 0 Å². The lowest BCUT2D eigenvalue weighted by Gasteiger charge is -2.43. The van der Waals surface area contributed by atoms with E-state index in [9.17, 15) is 9.59 Å². The molecule has 3 heterocycles. The van der Waals surface area contributed by atoms with Gasteiger partial charge in [0, 0.05) is 18.0 Å². The van der Waals surface area contributed by atoms with Gasteiger partial charge in [-0.15, -0.1) is 0 Å². The number of carbonyl (C=O) groups is 2. The van der Waals surface area contributed by atoms with Gasteiger partial charge in [-0.3, -0.25) is 19.6 Å². The zero-order valence-electron chi connectivity index (χ0n) is 22.6. The second-order valence-electron chi connectivity index (χ2n) is 10.4. The summed E-state index contributed by atoms with van der Waals surface area (Å²) >= 11 is 0. The third-order valence-corrected chi connectivity index (χ3v) is 8.03. The molecule has 3 aliphatic rings. The Hall–Kier alpha value is -4.64. The molecule has 40 heavy (non-hydrogen) atoms. The molecule has 6 rings (SSSR count). The Labute approximate surface area is 236 Å². The Morgan fingerprint density at radius 2 is 1.48 bits per heavy atom. The molecule has 3 aromatic carbocycles. The van der Waals surface area contributed by atoms with Crippen LogP contribution in [-0.2, 0) is 9.59 Å². The standard InChI is InChI=1S/C35H33N3O2/c1-3-5-20-27(15-4-2)36-34(39)32-30(25-16-9-6-10-17-25)23-29-24-31(26-18-11-7-12-19-26)37(28-21-13-8-14-22-28)38(29)33(32)35(36)40/h4-23,30-33H,2-3,24H2,1H3. The quantitative estimate of drug-likeness (QED) is 0.247. The second kappa shape index (κ2) is 10.9. The maximum atomic E-state index is 14.5. The number of imide groups is 1. The highest BCUT2D eigenvalue weighted by Gasteiger charge is 2.60. The summed E-state index contributed by atoms with van der Waals surface area (Å²) in [6.07, 6.45) is 11.0. The van der Waals surface area contributed by atoms with Gasteiger partial charge in [0.25, 0.3) is 5.91 Å². The molecule has 200 valence electrons. The number of benzene rings is 3. The SMILES string of the molecule is C=CC=C(C=CCC)N1C(=O)C2C(c3ccccc3)C=C3CC(c4ccccc4)N(c4ccccc4)N3C2C1=O. The maximum absolute atomic E-state index is 14.5. The molecule has 2 amide bonds. The molecule has 0 radical (unpaired) electrons. The largest absolute Gasteiger partial charge is 0.277 e. The molecule has 2 saturated heterocycles. The van der Waals surface area contributed by atoms with Crippen molar-refractivity contribution in [3.8, 4) is 0 Å². The Kier molecular flexibility index (Phi) is 6.95. The molecule has 3 aromatic rings. The minimum absolute atomic E-state index is 0.00912. The van der Waals surface area contributed by atoms with Crippen LogP contribution in [0.4, 0.5) is 5.69 Å². The number of fused-ring (bicyclic) bond motifs is 3. The smallest absolute Gasteiger partial charge is 0.259 e. The third-order valence-electron chi connectivity index (χ3n) is 8.03. The van der Waals surface area contributed by atoms with Crippen molar-refractivity contribution in [2.45, 2.75) is 37.8 Å². The molecule has 4 atom stereocenters. The van der Waals surface area contributed by atoms with Crippen LogP contribution in [0.2, 0.25) is 0 Å². The Balaban J connectivity index is 1.54. The summed E-state index contributed by atoms with van der Waals surface area (Å²) in [6, 6.07) is 30.0. The van der Waals surface area contributed by atoms with E-state index in [2.05, 4.69) is 71.2 Å². The second-order valence-corrected chi connectivity index (χ2v) is 10.4. The first-order valence-corrected chi connectivity index (χ1v) is 13.9. The van der Waals surface area contributed by atoms with E-state index < -0.39 is 12.0 Å². The van der Waals surface area contributed by atoms with Crippen LogP contribution in [0.3, 0.4) is 0 Å². The first-order valence-electron chi connectivity index (χ1n) is 13.9. The van der Waals surface area contributed by atoms with Crippen molar-refractivity contribution >= 4 is 17.5 Å². The molecule has 3 aliphatic heterocycles. The zero-order chi connectivity index (χ0) is 27.6. The number of anilines is 1. The molecular weight excluding hydrogens is 494 g/mol. The van der Waals surface area contributed by atoms with Gasteiger partial charge in [-0.25, -0.2) is 4.90 Å². The van der Waals surface area contributed by atoms with Gasteiger partial charge in [0.15, 0.2) is 0 Å². The van der Waals surface area contributed by atoms with Crippen LogP contribution in [0, 0.1) is 5.92 Å². The van der Waals surface area contributed by atoms with E-state index in [-0.39, 0.29) is 23.8 Å². The van der Waals surface area contributed by atoms with E-state index in [1.807, 2.05) is 61.5 Å². The van der Waals surface area contributed by atoms with Crippen LogP contribution in [0.25, 0.3) is 0 Å². The van der Waals surface area contributed by atoms with Gasteiger partial charge in [-0.05, 0) is 41.8 Å². The van der Waals surface area contributed by atoms with Gasteiger partial charge >= 0.3 is 0 Å². The van der Waals surface area contributed by atoms with E-state index in [4.69, 9.17) is 0 Å². The Morgan fingerprint density at radius 1 is 0.850 bits per heavy atom. The summed E-state index contributed by atoms with van der Waals surface area (Å²) in [5.41, 5.74) is 4.82. The molecule has 0 aromatic heterocycles. The molecule has 5 heteroatoms. The zero-order valence-corrected chi connectivity index (χ0v) is 22.6. The summed E-state index contributed by atoms with van der Waals surface area (Å²) in [5, 5.41) is 4.35. The van der Waals surface area contributed by atoms with E-state index in [1.165, 1.54) is 10.5 Å². The summed E-state index contributed by atoms with van der Waals surface area (Å²) in [4.78, 5) is 30.2. The molecule has 0 aliphatic carbocycles. The van der Waals surface area contributed by atoms with Crippen molar-refractivity contribution in [2.75, 3.05) is 5.01 Å². The van der Waals surface area contributed by atoms with E-state index in [0.29, 0.717) is 5.70 Å². The number of amides is 2. The predicted molar refractivity (Wildman–Crippen MR) is 159 cm³/mol. The molecule has 0 N–H and O–H groups in total. The lowest BCUT2D eigenvalue weighted by atomic mass is 9.79. The van der Waals surface area contributed by atoms with Crippen molar-refractivity contribution in [1.82, 2.24) is 9.91 Å². The molecular formula is C35H33N3O2. The van der Waals surface area contributed by atoms with Gasteiger partial charge in [-0.1, -0.05) is 111 Å². The fraction of sp³-hybridized carbons (Fsp3) is 0.200. The lowest BCUT2D eigenvalue weighted by Crippen LogP contribution is -2.53. The van der Waals surface area contributed by atoms with E-state index >= 15 is 0 Å². The van der Waals surface area contributed by atoms with Crippen molar-refractivity contribution in [2.24, 2.45) is 5.92 Å². The first-order chi connectivity index (χ1) is 19.6. The molecule has 5 nitrogen and oxygen atoms in total. The summed E-state index contributed by atoms with van der Waals surface area (Å²) in [5.74, 6) is -1.16. The third kappa shape index (κ3) is 4.28. The number of hydrogen-bond acceptors (Lipinski definition) is 4. The van der Waals surface area contributed by atoms with E-state index in [0.717, 1.165) is 29.8 Å². The monoisotopic (exact) mass is 527 g/mol. The van der Waals surface area contributed by atoms with Crippen LogP contribution in [0.5, 0.6) is 0 Å². The van der Waals surface area contributed by atoms with Crippen LogP contribution in [0.15, 0.2) is 139 Å². The highest BCUT2D eigenvalue weighted by Crippen LogP contribution is 2.52. The van der Waals surface area contributed by atoms with Crippen molar-refractivity contribution in [3.05, 3.63) is 150 Å². The highest BCUT2D eigenvalue weighted by molar-refractivity contribution is 6.10. The predicted octanol–water partition coefficient (Wildman–Crippen LogP) is 6.93. The van der Waals surface area contributed by atoms with Gasteiger partial charge in [0.1, 0.15) is 6.04 Å². The minimum Gasteiger partial charge on any atom is -0.277 e. The highest BCUT2D eigenvalue weighted by atomic mass is 16.2. The normalized spacial score (nSPS) is 24.4. The Bertz CT molecular complexity index is 1490. The van der Waals surface area contributed by atoms with Gasteiger partial charge in [0.2, 0.25) is 5.91 Å². The molecule has 4 unspecified atom stereocenters. The van der Waals surface area contributed by atoms with Crippen molar-refractivity contribution in [1.29, 1.82) is 0 Å². The minimum atomic E-state index is -0.671. The van der Waals surface area contributed by atoms with Gasteiger partial charge in [0.05, 0.1) is 23.3 Å². The lowest BCUT2D eigenvalue weighted by molar-refractivity contribution is -0.137. The van der Waals surface area contributed by atoms with E-state index in [1.54, 1.807) is 12.2 Å². The Morgan fingerprint density at radius 3 is 2.10 bits per heavy atom. The van der Waals surface area contributed by atoms with Gasteiger partial charge in [-0.2, -0.15) is 0 Å². The summed E-state index contributed by atoms with van der Waals surface area (Å²) < 4.78 is 0. The molecule has 2 fully saturated rings. The van der Waals surface area contributed by atoms with Crippen LogP contribution < -0.4 is 5.01 Å². The number of para-hydroxylation sites is 1. The van der Waals surface area contributed by atoms with Crippen molar-refractivity contribution < 1.29 is 9.59 Å². The van der Waals surface area contributed by atoms with Crippen molar-refractivity contribution in [3.63, 3.8) is 0 Å². The number of rotatable bonds is 7. The summed E-state index contributed by atoms with van der Waals surface area (Å²) in [7, 11) is 0. The fourth-order valence-electron chi connectivity index (χ4n) is 6.34. The molecule has 0 saturated carbocycles. The fourth-order valence-corrected chi connectivity index (χ4v) is 6.34. The average molecular weight is 528 g/mol. The number of hydrazine groups is 1. The summed E-state index contributed by atoms with van der Waals surface area (Å²) in [6.45, 7) is 5.87. The van der Waals surface area contributed by atoms with Crippen LogP contribution in [0.1, 0.15) is 42.9 Å². The number of allylic oxidation sites excluding steroid dienone is 5. The molecule has 0 spiro atoms. The number of likely N-dealkylation sites (tertiary alicyclic amines) is 1. The van der Waals surface area contributed by atoms with Crippen LogP contribution in [-0.4, -0.2) is 27.8 Å². The first kappa shape index (κ1) is 25.6. The maximum Gasteiger partial charge on any atom is 0.259 e. The van der Waals surface area contributed by atoms with Crippen LogP contribution >= 0.6 is 0 Å². The number of hydrogen-bond donors (Lipinski definition) is 0. The number of carbonyl (C=O) groups excluding carboxylic acids is 2.